The summed E-state index contributed by atoms with van der Waals surface area (Å²) in [4.78, 5) is 21.6. The molecule has 6 nitrogen and oxygen atoms in total. The maximum Gasteiger partial charge on any atom is 0.339 e. The van der Waals surface area contributed by atoms with Gasteiger partial charge in [-0.2, -0.15) is 0 Å². The van der Waals surface area contributed by atoms with Gasteiger partial charge in [0.15, 0.2) is 17.8 Å². The first-order chi connectivity index (χ1) is 8.13. The minimum atomic E-state index is -1.18. The summed E-state index contributed by atoms with van der Waals surface area (Å²) in [6.07, 6.45) is -0.762. The predicted octanol–water partition coefficient (Wildman–Crippen LogP) is 0.944. The van der Waals surface area contributed by atoms with E-state index in [1.165, 1.54) is 32.4 Å². The van der Waals surface area contributed by atoms with Crippen LogP contribution < -0.4 is 9.47 Å². The van der Waals surface area contributed by atoms with Crippen molar-refractivity contribution in [2.24, 2.45) is 0 Å². The smallest absolute Gasteiger partial charge is 0.339 e. The van der Waals surface area contributed by atoms with Crippen molar-refractivity contribution >= 4 is 12.3 Å². The van der Waals surface area contributed by atoms with Gasteiger partial charge in [-0.3, -0.25) is 4.79 Å². The number of hydrogen-bond donors (Lipinski definition) is 1. The van der Waals surface area contributed by atoms with Gasteiger partial charge in [0, 0.05) is 7.11 Å². The number of para-hydroxylation sites is 1. The van der Waals surface area contributed by atoms with E-state index in [4.69, 9.17) is 19.3 Å². The lowest BCUT2D eigenvalue weighted by Gasteiger charge is -2.16. The first-order valence-electron chi connectivity index (χ1n) is 4.69. The molecule has 0 aromatic heterocycles. The van der Waals surface area contributed by atoms with Gasteiger partial charge in [-0.1, -0.05) is 6.07 Å². The number of ether oxygens (including phenoxy) is 3. The molecule has 0 saturated carbocycles. The summed E-state index contributed by atoms with van der Waals surface area (Å²) < 4.78 is 14.8. The fraction of sp³-hybridized carbons (Fsp3) is 0.273. The van der Waals surface area contributed by atoms with Crippen LogP contribution in [-0.4, -0.2) is 37.9 Å². The lowest BCUT2D eigenvalue weighted by molar-refractivity contribution is -0.132. The molecule has 1 N–H and O–H groups in total. The average molecular weight is 240 g/mol. The molecule has 1 aromatic rings. The lowest BCUT2D eigenvalue weighted by atomic mass is 10.2. The van der Waals surface area contributed by atoms with Crippen LogP contribution in [0.25, 0.3) is 0 Å². The Bertz CT molecular complexity index is 414. The molecule has 1 unspecified atom stereocenters. The molecule has 0 heterocycles. The minimum absolute atomic E-state index is 0.0403. The van der Waals surface area contributed by atoms with Crippen molar-refractivity contribution in [2.75, 3.05) is 14.2 Å². The van der Waals surface area contributed by atoms with Crippen LogP contribution in [0.4, 0.5) is 0 Å². The van der Waals surface area contributed by atoms with Crippen LogP contribution in [0.5, 0.6) is 11.5 Å². The highest BCUT2D eigenvalue weighted by atomic mass is 16.7. The highest BCUT2D eigenvalue weighted by Gasteiger charge is 2.19. The summed E-state index contributed by atoms with van der Waals surface area (Å²) in [6.45, 7) is 0. The van der Waals surface area contributed by atoms with E-state index in [-0.39, 0.29) is 17.1 Å². The van der Waals surface area contributed by atoms with Gasteiger partial charge in [0.05, 0.1) is 7.11 Å². The number of benzene rings is 1. The number of aldehydes is 1. The predicted molar refractivity (Wildman–Crippen MR) is 57.4 cm³/mol. The molecule has 92 valence electrons. The van der Waals surface area contributed by atoms with Crippen LogP contribution >= 0.6 is 0 Å². The first kappa shape index (κ1) is 13.0. The molecule has 6 heteroatoms. The molecule has 1 aromatic carbocycles. The third kappa shape index (κ3) is 2.94. The van der Waals surface area contributed by atoms with Gasteiger partial charge in [0.25, 0.3) is 6.29 Å². The number of hydrogen-bond acceptors (Lipinski definition) is 5. The quantitative estimate of drug-likeness (QED) is 0.588. The fourth-order valence-corrected chi connectivity index (χ4v) is 1.21. The first-order valence-corrected chi connectivity index (χ1v) is 4.69. The molecule has 1 atom stereocenters. The Balaban J connectivity index is 3.17. The van der Waals surface area contributed by atoms with Crippen molar-refractivity contribution in [3.05, 3.63) is 23.8 Å². The van der Waals surface area contributed by atoms with Crippen molar-refractivity contribution < 1.29 is 28.9 Å². The average Bonchev–Trinajstić information content (AvgIpc) is 2.35. The van der Waals surface area contributed by atoms with Crippen LogP contribution in [0.2, 0.25) is 0 Å². The molecule has 0 radical (unpaired) electrons. The summed E-state index contributed by atoms with van der Waals surface area (Å²) in [5, 5.41) is 8.98. The SMILES string of the molecule is COc1cccc(C(=O)O)c1OC(C=O)OC. The Kier molecular flexibility index (Phi) is 4.47. The lowest BCUT2D eigenvalue weighted by Crippen LogP contribution is -2.21. The zero-order valence-electron chi connectivity index (χ0n) is 9.38. The third-order valence-electron chi connectivity index (χ3n) is 2.01. The summed E-state index contributed by atoms with van der Waals surface area (Å²) in [5.74, 6) is -1.00. The molecule has 0 saturated heterocycles. The maximum absolute atomic E-state index is 11.0. The Morgan fingerprint density at radius 2 is 2.12 bits per heavy atom. The van der Waals surface area contributed by atoms with Gasteiger partial charge in [-0.15, -0.1) is 0 Å². The number of carbonyl (C=O) groups is 2. The van der Waals surface area contributed by atoms with E-state index in [0.29, 0.717) is 6.29 Å². The summed E-state index contributed by atoms with van der Waals surface area (Å²) >= 11 is 0. The molecule has 17 heavy (non-hydrogen) atoms. The van der Waals surface area contributed by atoms with Gasteiger partial charge in [-0.25, -0.2) is 4.79 Å². The van der Waals surface area contributed by atoms with Crippen LogP contribution in [0.15, 0.2) is 18.2 Å². The highest BCUT2D eigenvalue weighted by Crippen LogP contribution is 2.31. The molecule has 0 bridgehead atoms. The molecule has 0 aliphatic carbocycles. The van der Waals surface area contributed by atoms with Crippen molar-refractivity contribution in [1.82, 2.24) is 0 Å². The topological polar surface area (TPSA) is 82.1 Å². The molecule has 0 aliphatic heterocycles. The van der Waals surface area contributed by atoms with Gasteiger partial charge in [0.1, 0.15) is 5.56 Å². The second-order valence-electron chi connectivity index (χ2n) is 3.00. The molecule has 0 aliphatic rings. The van der Waals surface area contributed by atoms with E-state index in [9.17, 15) is 9.59 Å². The Labute approximate surface area is 97.7 Å². The van der Waals surface area contributed by atoms with Gasteiger partial charge in [0.2, 0.25) is 0 Å². The molecule has 1 rings (SSSR count). The molecule has 0 fully saturated rings. The standard InChI is InChI=1S/C11H12O6/c1-15-8-5-3-4-7(11(13)14)10(8)17-9(6-12)16-2/h3-6,9H,1-2H3,(H,13,14). The molecule has 0 spiro atoms. The van der Waals surface area contributed by atoms with Crippen LogP contribution in [-0.2, 0) is 9.53 Å². The van der Waals surface area contributed by atoms with E-state index in [1.807, 2.05) is 0 Å². The van der Waals surface area contributed by atoms with E-state index < -0.39 is 12.3 Å². The number of methoxy groups -OCH3 is 2. The Hall–Kier alpha value is -2.08. The second kappa shape index (κ2) is 5.86. The Morgan fingerprint density at radius 1 is 1.41 bits per heavy atom. The number of carbonyl (C=O) groups excluding carboxylic acids is 1. The largest absolute Gasteiger partial charge is 0.493 e. The van der Waals surface area contributed by atoms with E-state index in [2.05, 4.69) is 0 Å². The monoisotopic (exact) mass is 240 g/mol. The van der Waals surface area contributed by atoms with Gasteiger partial charge in [-0.05, 0) is 12.1 Å². The van der Waals surface area contributed by atoms with E-state index in [0.717, 1.165) is 0 Å². The van der Waals surface area contributed by atoms with E-state index >= 15 is 0 Å². The van der Waals surface area contributed by atoms with Crippen molar-refractivity contribution in [2.45, 2.75) is 6.29 Å². The Morgan fingerprint density at radius 3 is 2.59 bits per heavy atom. The van der Waals surface area contributed by atoms with E-state index in [1.54, 1.807) is 0 Å². The number of carboxylic acids is 1. The van der Waals surface area contributed by atoms with Crippen molar-refractivity contribution in [3.8, 4) is 11.5 Å². The zero-order valence-corrected chi connectivity index (χ0v) is 9.38. The number of carboxylic acid groups (broad SMARTS) is 1. The van der Waals surface area contributed by atoms with Crippen LogP contribution in [0, 0.1) is 0 Å². The zero-order chi connectivity index (χ0) is 12.8. The van der Waals surface area contributed by atoms with Crippen LogP contribution in [0.3, 0.4) is 0 Å². The number of aromatic carboxylic acids is 1. The molecular weight excluding hydrogens is 228 g/mol. The summed E-state index contributed by atoms with van der Waals surface area (Å²) in [7, 11) is 2.64. The summed E-state index contributed by atoms with van der Waals surface area (Å²) in [5.41, 5.74) is -0.103. The fourth-order valence-electron chi connectivity index (χ4n) is 1.21. The summed E-state index contributed by atoms with van der Waals surface area (Å²) in [6, 6.07) is 4.38. The second-order valence-corrected chi connectivity index (χ2v) is 3.00. The van der Waals surface area contributed by atoms with Crippen molar-refractivity contribution in [3.63, 3.8) is 0 Å². The number of rotatable bonds is 6. The highest BCUT2D eigenvalue weighted by molar-refractivity contribution is 5.92. The van der Waals surface area contributed by atoms with Crippen molar-refractivity contribution in [1.29, 1.82) is 0 Å². The maximum atomic E-state index is 11.0. The third-order valence-corrected chi connectivity index (χ3v) is 2.01. The normalized spacial score (nSPS) is 11.6. The molecule has 0 amide bonds. The van der Waals surface area contributed by atoms with Gasteiger partial charge >= 0.3 is 5.97 Å². The minimum Gasteiger partial charge on any atom is -0.493 e. The molecular formula is C11H12O6. The van der Waals surface area contributed by atoms with Gasteiger partial charge < -0.3 is 19.3 Å². The van der Waals surface area contributed by atoms with Crippen LogP contribution in [0.1, 0.15) is 10.4 Å².